The van der Waals surface area contributed by atoms with Crippen LogP contribution in [0.1, 0.15) is 10.4 Å². The highest BCUT2D eigenvalue weighted by atomic mass is 35.5. The van der Waals surface area contributed by atoms with Gasteiger partial charge in [0.2, 0.25) is 5.91 Å². The van der Waals surface area contributed by atoms with Gasteiger partial charge in [0.25, 0.3) is 0 Å². The van der Waals surface area contributed by atoms with Gasteiger partial charge in [0.15, 0.2) is 10.8 Å². The van der Waals surface area contributed by atoms with E-state index in [0.717, 1.165) is 33.3 Å². The third-order valence-corrected chi connectivity index (χ3v) is 5.95. The van der Waals surface area contributed by atoms with E-state index in [1.54, 1.807) is 13.1 Å². The summed E-state index contributed by atoms with van der Waals surface area (Å²) < 4.78 is 40.7. The fourth-order valence-corrected chi connectivity index (χ4v) is 4.42. The van der Waals surface area contributed by atoms with Gasteiger partial charge < -0.3 is 4.90 Å². The number of thioether (sulfide) groups is 1. The maximum atomic E-state index is 13.0. The average Bonchev–Trinajstić information content (AvgIpc) is 3.18. The molecular formula is C15H11Cl2F3N4OS2. The zero-order chi connectivity index (χ0) is 19.8. The monoisotopic (exact) mass is 454 g/mol. The van der Waals surface area contributed by atoms with Gasteiger partial charge in [-0.05, 0) is 18.2 Å². The lowest BCUT2D eigenvalue weighted by atomic mass is 10.3. The number of carbonyl (C=O) groups is 1. The van der Waals surface area contributed by atoms with E-state index in [4.69, 9.17) is 23.2 Å². The van der Waals surface area contributed by atoms with E-state index in [1.165, 1.54) is 16.2 Å². The minimum atomic E-state index is -4.55. The van der Waals surface area contributed by atoms with Crippen LogP contribution in [0.15, 0.2) is 29.6 Å². The number of hydrogen-bond donors (Lipinski definition) is 0. The van der Waals surface area contributed by atoms with Gasteiger partial charge in [-0.1, -0.05) is 35.0 Å². The molecule has 1 amide bonds. The summed E-state index contributed by atoms with van der Waals surface area (Å²) in [5.74, 6) is -0.219. The van der Waals surface area contributed by atoms with E-state index < -0.39 is 11.7 Å². The lowest BCUT2D eigenvalue weighted by Gasteiger charge is -2.15. The van der Waals surface area contributed by atoms with Gasteiger partial charge in [-0.3, -0.25) is 9.20 Å². The minimum Gasteiger partial charge on any atom is -0.340 e. The number of carbonyl (C=O) groups excluding carboxylic acids is 1. The molecule has 0 aliphatic rings. The molecule has 0 unspecified atom stereocenters. The van der Waals surface area contributed by atoms with E-state index in [-0.39, 0.29) is 27.5 Å². The second-order valence-corrected chi connectivity index (χ2v) is 8.64. The number of fused-ring (bicyclic) bond motifs is 1. The lowest BCUT2D eigenvalue weighted by molar-refractivity contribution is -0.138. The standard InChI is InChI=1S/C15H11Cl2F3N4OS2/c1-23(6-9-2-3-11(17)27-9)12(25)7-26-14-22-21-13-10(16)4-8(5-24(13)14)15(18,19)20/h2-5H,6-7H2,1H3. The van der Waals surface area contributed by atoms with E-state index >= 15 is 0 Å². The maximum Gasteiger partial charge on any atom is 0.417 e. The first kappa shape index (κ1) is 20.2. The van der Waals surface area contributed by atoms with Crippen molar-refractivity contribution in [3.8, 4) is 0 Å². The first-order chi connectivity index (χ1) is 12.6. The normalized spacial score (nSPS) is 11.9. The molecule has 144 valence electrons. The largest absolute Gasteiger partial charge is 0.417 e. The molecule has 0 fully saturated rings. The Morgan fingerprint density at radius 1 is 1.33 bits per heavy atom. The molecule has 0 aliphatic heterocycles. The number of amides is 1. The summed E-state index contributed by atoms with van der Waals surface area (Å²) in [5.41, 5.74) is -0.819. The Labute approximate surface area is 170 Å². The Kier molecular flexibility index (Phi) is 5.90. The summed E-state index contributed by atoms with van der Waals surface area (Å²) in [4.78, 5) is 14.7. The molecule has 0 saturated heterocycles. The van der Waals surface area contributed by atoms with Gasteiger partial charge in [-0.2, -0.15) is 13.2 Å². The van der Waals surface area contributed by atoms with Crippen molar-refractivity contribution >= 4 is 57.9 Å². The van der Waals surface area contributed by atoms with Gasteiger partial charge in [0, 0.05) is 18.1 Å². The van der Waals surface area contributed by atoms with Crippen molar-refractivity contribution in [2.75, 3.05) is 12.8 Å². The molecule has 27 heavy (non-hydrogen) atoms. The van der Waals surface area contributed by atoms with Crippen molar-refractivity contribution in [2.24, 2.45) is 0 Å². The van der Waals surface area contributed by atoms with Crippen LogP contribution in [-0.2, 0) is 17.5 Å². The third-order valence-electron chi connectivity index (χ3n) is 3.53. The van der Waals surface area contributed by atoms with Gasteiger partial charge in [0.05, 0.1) is 27.2 Å². The summed E-state index contributed by atoms with van der Waals surface area (Å²) in [6.45, 7) is 0.390. The number of hydrogen-bond acceptors (Lipinski definition) is 5. The molecule has 3 heterocycles. The predicted molar refractivity (Wildman–Crippen MR) is 99.5 cm³/mol. The van der Waals surface area contributed by atoms with Crippen molar-refractivity contribution in [1.29, 1.82) is 0 Å². The molecule has 5 nitrogen and oxygen atoms in total. The van der Waals surface area contributed by atoms with Crippen LogP contribution < -0.4 is 0 Å². The first-order valence-corrected chi connectivity index (χ1v) is 9.93. The number of halogens is 5. The van der Waals surface area contributed by atoms with Crippen molar-refractivity contribution in [2.45, 2.75) is 17.9 Å². The average molecular weight is 455 g/mol. The molecule has 3 rings (SSSR count). The minimum absolute atomic E-state index is 0.00966. The molecule has 0 radical (unpaired) electrons. The summed E-state index contributed by atoms with van der Waals surface area (Å²) in [6, 6.07) is 4.38. The molecule has 0 spiro atoms. The molecule has 0 saturated carbocycles. The fourth-order valence-electron chi connectivity index (χ4n) is 2.18. The molecule has 12 heteroatoms. The summed E-state index contributed by atoms with van der Waals surface area (Å²) in [7, 11) is 1.64. The number of nitrogens with zero attached hydrogens (tertiary/aromatic N) is 4. The number of pyridine rings is 1. The SMILES string of the molecule is CN(Cc1ccc(Cl)s1)C(=O)CSc1nnc2c(Cl)cc(C(F)(F)F)cn12. The summed E-state index contributed by atoms with van der Waals surface area (Å²) in [6.07, 6.45) is -3.69. The van der Waals surface area contributed by atoms with Crippen LogP contribution in [0.2, 0.25) is 9.36 Å². The van der Waals surface area contributed by atoms with Crippen LogP contribution in [0.3, 0.4) is 0 Å². The summed E-state index contributed by atoms with van der Waals surface area (Å²) in [5, 5.41) is 7.61. The maximum absolute atomic E-state index is 13.0. The predicted octanol–water partition coefficient (Wildman–Crippen LogP) is 4.87. The quantitative estimate of drug-likeness (QED) is 0.516. The highest BCUT2D eigenvalue weighted by molar-refractivity contribution is 7.99. The smallest absolute Gasteiger partial charge is 0.340 e. The molecule has 0 N–H and O–H groups in total. The highest BCUT2D eigenvalue weighted by Crippen LogP contribution is 2.33. The van der Waals surface area contributed by atoms with Crippen LogP contribution >= 0.6 is 46.3 Å². The van der Waals surface area contributed by atoms with E-state index in [2.05, 4.69) is 10.2 Å². The number of aromatic nitrogens is 3. The fraction of sp³-hybridized carbons (Fsp3) is 0.267. The molecule has 0 aliphatic carbocycles. The number of rotatable bonds is 5. The zero-order valence-corrected chi connectivity index (χ0v) is 16.8. The second-order valence-electron chi connectivity index (χ2n) is 5.49. The van der Waals surface area contributed by atoms with Crippen molar-refractivity contribution < 1.29 is 18.0 Å². The van der Waals surface area contributed by atoms with Gasteiger partial charge in [-0.25, -0.2) is 0 Å². The molecule has 0 aromatic carbocycles. The van der Waals surface area contributed by atoms with Gasteiger partial charge in [-0.15, -0.1) is 21.5 Å². The Morgan fingerprint density at radius 3 is 2.70 bits per heavy atom. The zero-order valence-electron chi connectivity index (χ0n) is 13.6. The molecule has 0 bridgehead atoms. The van der Waals surface area contributed by atoms with Gasteiger partial charge in [0.1, 0.15) is 0 Å². The molecule has 3 aromatic rings. The van der Waals surface area contributed by atoms with Gasteiger partial charge >= 0.3 is 6.18 Å². The second kappa shape index (κ2) is 7.86. The molecule has 3 aromatic heterocycles. The Morgan fingerprint density at radius 2 is 2.07 bits per heavy atom. The van der Waals surface area contributed by atoms with Crippen molar-refractivity contribution in [1.82, 2.24) is 19.5 Å². The van der Waals surface area contributed by atoms with Crippen LogP contribution in [0, 0.1) is 0 Å². The Balaban J connectivity index is 1.72. The lowest BCUT2D eigenvalue weighted by Crippen LogP contribution is -2.27. The topological polar surface area (TPSA) is 50.5 Å². The van der Waals surface area contributed by atoms with Crippen LogP contribution in [-0.4, -0.2) is 38.2 Å². The number of thiophene rings is 1. The van der Waals surface area contributed by atoms with Crippen LogP contribution in [0.25, 0.3) is 5.65 Å². The highest BCUT2D eigenvalue weighted by Gasteiger charge is 2.32. The van der Waals surface area contributed by atoms with E-state index in [9.17, 15) is 18.0 Å². The first-order valence-electron chi connectivity index (χ1n) is 7.37. The summed E-state index contributed by atoms with van der Waals surface area (Å²) >= 11 is 14.1. The van der Waals surface area contributed by atoms with Crippen molar-refractivity contribution in [3.63, 3.8) is 0 Å². The molecular weight excluding hydrogens is 444 g/mol. The van der Waals surface area contributed by atoms with Crippen LogP contribution in [0.4, 0.5) is 13.2 Å². The van der Waals surface area contributed by atoms with Crippen molar-refractivity contribution in [3.05, 3.63) is 44.2 Å². The number of alkyl halides is 3. The Bertz CT molecular complexity index is 989. The van der Waals surface area contributed by atoms with E-state index in [0.29, 0.717) is 10.9 Å². The third kappa shape index (κ3) is 4.68. The van der Waals surface area contributed by atoms with E-state index in [1.807, 2.05) is 6.07 Å². The Hall–Kier alpha value is -1.49. The van der Waals surface area contributed by atoms with Crippen LogP contribution in [0.5, 0.6) is 0 Å². The molecule has 0 atom stereocenters.